The van der Waals surface area contributed by atoms with Crippen LogP contribution in [0.1, 0.15) is 16.7 Å². The predicted molar refractivity (Wildman–Crippen MR) is 112 cm³/mol. The topological polar surface area (TPSA) is 62.2 Å². The number of hydrogen-bond acceptors (Lipinski definition) is 5. The van der Waals surface area contributed by atoms with Crippen LogP contribution in [-0.4, -0.2) is 55.4 Å². The largest absolute Gasteiger partial charge is 0.489 e. The lowest BCUT2D eigenvalue weighted by Gasteiger charge is -2.36. The third-order valence-electron chi connectivity index (χ3n) is 5.76. The summed E-state index contributed by atoms with van der Waals surface area (Å²) in [6.45, 7) is 3.44. The highest BCUT2D eigenvalue weighted by Crippen LogP contribution is 2.37. The molecule has 0 bridgehead atoms. The molecule has 2 heterocycles. The van der Waals surface area contributed by atoms with Crippen LogP contribution in [0.2, 0.25) is 0 Å². The predicted octanol–water partition coefficient (Wildman–Crippen LogP) is 3.64. The van der Waals surface area contributed by atoms with Crippen molar-refractivity contribution in [1.82, 2.24) is 4.90 Å². The molecular weight excluding hydrogens is 425 g/mol. The zero-order chi connectivity index (χ0) is 22.7. The molecule has 9 heteroatoms. The van der Waals surface area contributed by atoms with Crippen LogP contribution in [0.25, 0.3) is 0 Å². The maximum absolute atomic E-state index is 13.7. The maximum Gasteiger partial charge on any atom is 0.418 e. The van der Waals surface area contributed by atoms with E-state index >= 15 is 0 Å². The Morgan fingerprint density at radius 1 is 1.06 bits per heavy atom. The van der Waals surface area contributed by atoms with E-state index < -0.39 is 17.7 Å². The highest BCUT2D eigenvalue weighted by Gasteiger charge is 2.35. The van der Waals surface area contributed by atoms with Gasteiger partial charge >= 0.3 is 12.1 Å². The number of carbonyl (C=O) groups is 1. The summed E-state index contributed by atoms with van der Waals surface area (Å²) in [4.78, 5) is 14.6. The smallest absolute Gasteiger partial charge is 0.418 e. The number of carboxylic acid groups (broad SMARTS) is 1. The fourth-order valence-corrected chi connectivity index (χ4v) is 3.95. The Morgan fingerprint density at radius 2 is 1.72 bits per heavy atom. The first-order valence-electron chi connectivity index (χ1n) is 10.5. The second kappa shape index (κ2) is 9.38. The summed E-state index contributed by atoms with van der Waals surface area (Å²) < 4.78 is 51.9. The second-order valence-corrected chi connectivity index (χ2v) is 8.11. The third-order valence-corrected chi connectivity index (χ3v) is 5.76. The molecule has 0 aromatic heterocycles. The van der Waals surface area contributed by atoms with Crippen molar-refractivity contribution < 1.29 is 32.5 Å². The molecule has 0 amide bonds. The van der Waals surface area contributed by atoms with Crippen LogP contribution in [-0.2, 0) is 28.9 Å². The Labute approximate surface area is 184 Å². The number of morpholine rings is 1. The summed E-state index contributed by atoms with van der Waals surface area (Å²) in [5.74, 6) is -0.503. The van der Waals surface area contributed by atoms with Gasteiger partial charge < -0.3 is 19.5 Å². The molecule has 0 unspecified atom stereocenters. The van der Waals surface area contributed by atoms with Crippen molar-refractivity contribution in [2.45, 2.75) is 19.3 Å². The first-order chi connectivity index (χ1) is 15.3. The van der Waals surface area contributed by atoms with Gasteiger partial charge in [0.1, 0.15) is 12.4 Å². The molecule has 2 aromatic carbocycles. The fraction of sp³-hybridized carbons (Fsp3) is 0.435. The zero-order valence-corrected chi connectivity index (χ0v) is 17.5. The summed E-state index contributed by atoms with van der Waals surface area (Å²) in [5.41, 5.74) is 0.976. The minimum Gasteiger partial charge on any atom is -0.489 e. The van der Waals surface area contributed by atoms with Crippen molar-refractivity contribution in [3.05, 3.63) is 59.2 Å². The van der Waals surface area contributed by atoms with E-state index in [0.29, 0.717) is 57.3 Å². The van der Waals surface area contributed by atoms with Crippen molar-refractivity contribution in [2.24, 2.45) is 5.92 Å². The lowest BCUT2D eigenvalue weighted by atomic mass is 10.00. The third kappa shape index (κ3) is 5.34. The van der Waals surface area contributed by atoms with Crippen LogP contribution in [0.3, 0.4) is 0 Å². The first-order valence-corrected chi connectivity index (χ1v) is 10.5. The molecule has 2 aromatic rings. The number of anilines is 1. The van der Waals surface area contributed by atoms with Gasteiger partial charge in [0.15, 0.2) is 0 Å². The standard InChI is InChI=1S/C23H25F3N2O4/c24-23(25,26)20-11-17(3-6-21(20)28-7-9-31-10-8-28)15-32-19-4-1-16(2-5-19)12-27-13-18(14-27)22(29)30/h1-6,11,18H,7-10,12-15H2,(H,29,30). The number of rotatable bonds is 7. The Bertz CT molecular complexity index is 937. The quantitative estimate of drug-likeness (QED) is 0.695. The van der Waals surface area contributed by atoms with Gasteiger partial charge in [-0.1, -0.05) is 18.2 Å². The van der Waals surface area contributed by atoms with Crippen molar-refractivity contribution >= 4 is 11.7 Å². The average Bonchev–Trinajstić information content (AvgIpc) is 2.75. The molecule has 2 aliphatic rings. The normalized spacial score (nSPS) is 17.8. The van der Waals surface area contributed by atoms with Crippen LogP contribution in [0.15, 0.2) is 42.5 Å². The summed E-state index contributed by atoms with van der Waals surface area (Å²) in [6.07, 6.45) is -4.46. The maximum atomic E-state index is 13.7. The van der Waals surface area contributed by atoms with Gasteiger partial charge in [0.2, 0.25) is 0 Å². The molecule has 172 valence electrons. The van der Waals surface area contributed by atoms with E-state index in [0.717, 1.165) is 11.6 Å². The van der Waals surface area contributed by atoms with Crippen LogP contribution in [0.5, 0.6) is 5.75 Å². The number of ether oxygens (including phenoxy) is 2. The number of nitrogens with zero attached hydrogens (tertiary/aromatic N) is 2. The molecule has 0 spiro atoms. The Balaban J connectivity index is 1.36. The number of carboxylic acids is 1. The summed E-state index contributed by atoms with van der Waals surface area (Å²) in [6, 6.07) is 11.6. The van der Waals surface area contributed by atoms with E-state index in [1.54, 1.807) is 23.1 Å². The van der Waals surface area contributed by atoms with Crippen LogP contribution in [0, 0.1) is 5.92 Å². The van der Waals surface area contributed by atoms with Crippen molar-refractivity contribution in [3.8, 4) is 5.75 Å². The second-order valence-electron chi connectivity index (χ2n) is 8.11. The van der Waals surface area contributed by atoms with Gasteiger partial charge in [0.25, 0.3) is 0 Å². The van der Waals surface area contributed by atoms with E-state index in [4.69, 9.17) is 14.6 Å². The number of likely N-dealkylation sites (tertiary alicyclic amines) is 1. The van der Waals surface area contributed by atoms with E-state index in [2.05, 4.69) is 0 Å². The molecule has 2 fully saturated rings. The highest BCUT2D eigenvalue weighted by atomic mass is 19.4. The fourth-order valence-electron chi connectivity index (χ4n) is 3.95. The van der Waals surface area contributed by atoms with Gasteiger partial charge in [-0.3, -0.25) is 9.69 Å². The average molecular weight is 450 g/mol. The number of halogens is 3. The SMILES string of the molecule is O=C(O)C1CN(Cc2ccc(OCc3ccc(N4CCOCC4)c(C(F)(F)F)c3)cc2)C1. The summed E-state index contributed by atoms with van der Waals surface area (Å²) in [7, 11) is 0. The molecule has 6 nitrogen and oxygen atoms in total. The molecule has 4 rings (SSSR count). The van der Waals surface area contributed by atoms with Gasteiger partial charge in [-0.25, -0.2) is 0 Å². The van der Waals surface area contributed by atoms with Gasteiger partial charge in [-0.15, -0.1) is 0 Å². The van der Waals surface area contributed by atoms with E-state index in [1.807, 2.05) is 17.0 Å². The van der Waals surface area contributed by atoms with E-state index in [1.165, 1.54) is 6.07 Å². The van der Waals surface area contributed by atoms with E-state index in [-0.39, 0.29) is 18.2 Å². The van der Waals surface area contributed by atoms with Crippen LogP contribution < -0.4 is 9.64 Å². The van der Waals surface area contributed by atoms with Gasteiger partial charge in [-0.2, -0.15) is 13.2 Å². The molecule has 32 heavy (non-hydrogen) atoms. The molecule has 0 radical (unpaired) electrons. The Kier molecular flexibility index (Phi) is 6.57. The number of alkyl halides is 3. The Hall–Kier alpha value is -2.78. The summed E-state index contributed by atoms with van der Waals surface area (Å²) >= 11 is 0. The van der Waals surface area contributed by atoms with Crippen LogP contribution in [0.4, 0.5) is 18.9 Å². The van der Waals surface area contributed by atoms with Crippen LogP contribution >= 0.6 is 0 Å². The molecule has 2 aliphatic heterocycles. The van der Waals surface area contributed by atoms with Crippen molar-refractivity contribution in [1.29, 1.82) is 0 Å². The summed E-state index contributed by atoms with van der Waals surface area (Å²) in [5, 5.41) is 8.94. The molecular formula is C23H25F3N2O4. The molecule has 0 aliphatic carbocycles. The zero-order valence-electron chi connectivity index (χ0n) is 17.5. The van der Waals surface area contributed by atoms with Crippen molar-refractivity contribution in [2.75, 3.05) is 44.3 Å². The molecule has 2 saturated heterocycles. The molecule has 1 N–H and O–H groups in total. The lowest BCUT2D eigenvalue weighted by molar-refractivity contribution is -0.147. The number of aliphatic carboxylic acids is 1. The highest BCUT2D eigenvalue weighted by molar-refractivity contribution is 5.71. The van der Waals surface area contributed by atoms with Crippen molar-refractivity contribution in [3.63, 3.8) is 0 Å². The lowest BCUT2D eigenvalue weighted by Crippen LogP contribution is -2.49. The number of hydrogen-bond donors (Lipinski definition) is 1. The van der Waals surface area contributed by atoms with Gasteiger partial charge in [0, 0.05) is 38.4 Å². The van der Waals surface area contributed by atoms with E-state index in [9.17, 15) is 18.0 Å². The minimum atomic E-state index is -4.46. The number of benzene rings is 2. The molecule has 0 atom stereocenters. The monoisotopic (exact) mass is 450 g/mol. The Morgan fingerprint density at radius 3 is 2.34 bits per heavy atom. The van der Waals surface area contributed by atoms with Gasteiger partial charge in [-0.05, 0) is 35.4 Å². The van der Waals surface area contributed by atoms with Gasteiger partial charge in [0.05, 0.1) is 24.7 Å². The molecule has 0 saturated carbocycles. The minimum absolute atomic E-state index is 0.0260. The first kappa shape index (κ1) is 22.4.